The maximum Gasteiger partial charge on any atom is 0.213 e. The smallest absolute Gasteiger partial charge is 0.213 e. The molecular weight excluding hydrogens is 256 g/mol. The van der Waals surface area contributed by atoms with E-state index >= 15 is 0 Å². The first-order valence-electron chi connectivity index (χ1n) is 7.28. The summed E-state index contributed by atoms with van der Waals surface area (Å²) in [7, 11) is 0. The summed E-state index contributed by atoms with van der Waals surface area (Å²) in [6.45, 7) is 3.14. The van der Waals surface area contributed by atoms with Crippen LogP contribution in [0.4, 0.5) is 5.69 Å². The SMILES string of the molecule is CC[n+]1ccc(C=CNc2ccccc2)c2ccccc21. The number of aryl methyl sites for hydroxylation is 1. The standard InChI is InChI=1S/C19H18N2/c1-2-21-15-13-16(18-10-6-7-11-19(18)21)12-14-20-17-8-4-3-5-9-17/h3-15H,2H2,1H3/p+1. The normalized spacial score (nSPS) is 11.1. The second-order valence-corrected chi connectivity index (χ2v) is 4.92. The van der Waals surface area contributed by atoms with Crippen molar-refractivity contribution in [2.75, 3.05) is 5.32 Å². The maximum absolute atomic E-state index is 3.30. The molecule has 3 aromatic rings. The zero-order chi connectivity index (χ0) is 14.5. The Kier molecular flexibility index (Phi) is 3.97. The van der Waals surface area contributed by atoms with Crippen LogP contribution in [0.1, 0.15) is 12.5 Å². The molecule has 3 rings (SSSR count). The van der Waals surface area contributed by atoms with Crippen molar-refractivity contribution in [2.45, 2.75) is 13.5 Å². The van der Waals surface area contributed by atoms with Gasteiger partial charge < -0.3 is 5.32 Å². The van der Waals surface area contributed by atoms with E-state index in [-0.39, 0.29) is 0 Å². The van der Waals surface area contributed by atoms with E-state index in [2.05, 4.69) is 71.5 Å². The van der Waals surface area contributed by atoms with Crippen molar-refractivity contribution in [3.8, 4) is 0 Å². The fourth-order valence-corrected chi connectivity index (χ4v) is 2.49. The molecule has 2 heteroatoms. The maximum atomic E-state index is 3.30. The van der Waals surface area contributed by atoms with E-state index in [1.54, 1.807) is 0 Å². The molecule has 1 aromatic heterocycles. The van der Waals surface area contributed by atoms with Crippen molar-refractivity contribution in [1.82, 2.24) is 0 Å². The van der Waals surface area contributed by atoms with Crippen LogP contribution in [-0.2, 0) is 6.54 Å². The predicted octanol–water partition coefficient (Wildman–Crippen LogP) is 4.23. The highest BCUT2D eigenvalue weighted by atomic mass is 14.9. The van der Waals surface area contributed by atoms with Gasteiger partial charge in [-0.3, -0.25) is 0 Å². The molecule has 1 N–H and O–H groups in total. The van der Waals surface area contributed by atoms with Crippen LogP contribution in [0.2, 0.25) is 0 Å². The number of rotatable bonds is 4. The van der Waals surface area contributed by atoms with Gasteiger partial charge >= 0.3 is 0 Å². The summed E-state index contributed by atoms with van der Waals surface area (Å²) in [5.41, 5.74) is 3.58. The van der Waals surface area contributed by atoms with Crippen LogP contribution in [0.5, 0.6) is 0 Å². The van der Waals surface area contributed by atoms with Gasteiger partial charge in [-0.05, 0) is 36.8 Å². The fraction of sp³-hybridized carbons (Fsp3) is 0.105. The van der Waals surface area contributed by atoms with Gasteiger partial charge in [0.15, 0.2) is 6.20 Å². The first kappa shape index (κ1) is 13.4. The van der Waals surface area contributed by atoms with E-state index in [9.17, 15) is 0 Å². The van der Waals surface area contributed by atoms with E-state index in [1.165, 1.54) is 16.5 Å². The first-order valence-corrected chi connectivity index (χ1v) is 7.28. The van der Waals surface area contributed by atoms with Crippen LogP contribution >= 0.6 is 0 Å². The van der Waals surface area contributed by atoms with Crippen molar-refractivity contribution in [3.05, 3.63) is 78.6 Å². The zero-order valence-corrected chi connectivity index (χ0v) is 12.2. The minimum atomic E-state index is 0.979. The van der Waals surface area contributed by atoms with Gasteiger partial charge in [0.2, 0.25) is 5.52 Å². The molecule has 0 amide bonds. The average Bonchev–Trinajstić information content (AvgIpc) is 2.56. The van der Waals surface area contributed by atoms with Crippen LogP contribution in [0.3, 0.4) is 0 Å². The molecule has 104 valence electrons. The lowest BCUT2D eigenvalue weighted by molar-refractivity contribution is -0.667. The number of aromatic nitrogens is 1. The van der Waals surface area contributed by atoms with Gasteiger partial charge in [-0.15, -0.1) is 0 Å². The monoisotopic (exact) mass is 275 g/mol. The lowest BCUT2D eigenvalue weighted by atomic mass is 10.1. The molecule has 2 aromatic carbocycles. The molecule has 2 nitrogen and oxygen atoms in total. The van der Waals surface area contributed by atoms with E-state index < -0.39 is 0 Å². The summed E-state index contributed by atoms with van der Waals surface area (Å²) in [5.74, 6) is 0. The van der Waals surface area contributed by atoms with Gasteiger partial charge in [-0.1, -0.05) is 30.3 Å². The van der Waals surface area contributed by atoms with Crippen molar-refractivity contribution in [3.63, 3.8) is 0 Å². The molecule has 0 bridgehead atoms. The summed E-state index contributed by atoms with van der Waals surface area (Å²) >= 11 is 0. The highest BCUT2D eigenvalue weighted by Crippen LogP contribution is 2.17. The second kappa shape index (κ2) is 6.23. The molecule has 0 aliphatic rings. The summed E-state index contributed by atoms with van der Waals surface area (Å²) < 4.78 is 2.26. The van der Waals surface area contributed by atoms with Gasteiger partial charge in [0, 0.05) is 24.0 Å². The number of anilines is 1. The predicted molar refractivity (Wildman–Crippen MR) is 88.9 cm³/mol. The minimum absolute atomic E-state index is 0.979. The van der Waals surface area contributed by atoms with Gasteiger partial charge in [0.05, 0.1) is 5.39 Å². The van der Waals surface area contributed by atoms with Crippen LogP contribution in [-0.4, -0.2) is 0 Å². The third kappa shape index (κ3) is 2.95. The van der Waals surface area contributed by atoms with E-state index in [0.29, 0.717) is 0 Å². The number of hydrogen-bond acceptors (Lipinski definition) is 1. The molecule has 0 saturated carbocycles. The number of hydrogen-bond donors (Lipinski definition) is 1. The summed E-state index contributed by atoms with van der Waals surface area (Å²) in [6, 6.07) is 20.9. The number of nitrogens with zero attached hydrogens (tertiary/aromatic N) is 1. The molecule has 0 spiro atoms. The lowest BCUT2D eigenvalue weighted by Gasteiger charge is -2.03. The highest BCUT2D eigenvalue weighted by molar-refractivity contribution is 5.85. The Balaban J connectivity index is 1.91. The summed E-state index contributed by atoms with van der Waals surface area (Å²) in [6.07, 6.45) is 6.26. The van der Waals surface area contributed by atoms with Gasteiger partial charge in [-0.25, -0.2) is 0 Å². The fourth-order valence-electron chi connectivity index (χ4n) is 2.49. The summed E-state index contributed by atoms with van der Waals surface area (Å²) in [5, 5.41) is 4.57. The van der Waals surface area contributed by atoms with Crippen LogP contribution < -0.4 is 9.88 Å². The third-order valence-electron chi connectivity index (χ3n) is 3.59. The van der Waals surface area contributed by atoms with Crippen LogP contribution in [0, 0.1) is 0 Å². The average molecular weight is 275 g/mol. The Labute approximate surface area is 125 Å². The number of nitrogens with one attached hydrogen (secondary N) is 1. The van der Waals surface area contributed by atoms with E-state index in [4.69, 9.17) is 0 Å². The minimum Gasteiger partial charge on any atom is -0.362 e. The third-order valence-corrected chi connectivity index (χ3v) is 3.59. The molecule has 0 radical (unpaired) electrons. The van der Waals surface area contributed by atoms with Crippen molar-refractivity contribution in [1.29, 1.82) is 0 Å². The van der Waals surface area contributed by atoms with Gasteiger partial charge in [-0.2, -0.15) is 4.57 Å². The number of para-hydroxylation sites is 2. The molecule has 1 heterocycles. The lowest BCUT2D eigenvalue weighted by Crippen LogP contribution is -2.32. The quantitative estimate of drug-likeness (QED) is 0.705. The van der Waals surface area contributed by atoms with Crippen molar-refractivity contribution >= 4 is 22.7 Å². The molecule has 0 saturated heterocycles. The summed E-state index contributed by atoms with van der Waals surface area (Å²) in [4.78, 5) is 0. The molecule has 0 atom stereocenters. The molecular formula is C19H19N2+. The van der Waals surface area contributed by atoms with Crippen molar-refractivity contribution < 1.29 is 4.57 Å². The molecule has 0 aliphatic carbocycles. The molecule has 0 fully saturated rings. The van der Waals surface area contributed by atoms with Crippen molar-refractivity contribution in [2.24, 2.45) is 0 Å². The van der Waals surface area contributed by atoms with Crippen LogP contribution in [0.25, 0.3) is 17.0 Å². The first-order chi connectivity index (χ1) is 10.4. The second-order valence-electron chi connectivity index (χ2n) is 4.92. The Morgan fingerprint density at radius 2 is 1.71 bits per heavy atom. The number of pyridine rings is 1. The Morgan fingerprint density at radius 3 is 2.52 bits per heavy atom. The largest absolute Gasteiger partial charge is 0.362 e. The van der Waals surface area contributed by atoms with E-state index in [0.717, 1.165) is 12.2 Å². The molecule has 21 heavy (non-hydrogen) atoms. The Bertz CT molecular complexity index is 761. The van der Waals surface area contributed by atoms with E-state index in [1.807, 2.05) is 24.4 Å². The molecule has 0 aliphatic heterocycles. The van der Waals surface area contributed by atoms with Gasteiger partial charge in [0.1, 0.15) is 6.54 Å². The van der Waals surface area contributed by atoms with Gasteiger partial charge in [0.25, 0.3) is 0 Å². The Morgan fingerprint density at radius 1 is 0.952 bits per heavy atom. The molecule has 0 unspecified atom stereocenters. The topological polar surface area (TPSA) is 15.9 Å². The number of benzene rings is 2. The zero-order valence-electron chi connectivity index (χ0n) is 12.2. The Hall–Kier alpha value is -2.61. The van der Waals surface area contributed by atoms with Crippen LogP contribution in [0.15, 0.2) is 73.1 Å². The number of fused-ring (bicyclic) bond motifs is 1. The highest BCUT2D eigenvalue weighted by Gasteiger charge is 2.08.